The van der Waals surface area contributed by atoms with Gasteiger partial charge in [-0.2, -0.15) is 4.98 Å². The molecule has 0 radical (unpaired) electrons. The molecule has 2 aliphatic heterocycles. The van der Waals surface area contributed by atoms with Gasteiger partial charge in [0.05, 0.1) is 32.9 Å². The Morgan fingerprint density at radius 1 is 1.03 bits per heavy atom. The number of allylic oxidation sites excluding steroid dienone is 1. The molecule has 6 nitrogen and oxygen atoms in total. The van der Waals surface area contributed by atoms with E-state index in [9.17, 15) is 4.79 Å². The molecule has 4 heterocycles. The van der Waals surface area contributed by atoms with Crippen LogP contribution in [0.25, 0.3) is 22.6 Å². The summed E-state index contributed by atoms with van der Waals surface area (Å²) in [7, 11) is 0. The van der Waals surface area contributed by atoms with E-state index in [1.807, 2.05) is 42.5 Å². The lowest BCUT2D eigenvalue weighted by Gasteiger charge is -2.18. The molecule has 2 aromatic carbocycles. The first-order valence-electron chi connectivity index (χ1n) is 9.68. The van der Waals surface area contributed by atoms with Gasteiger partial charge in [-0.15, -0.1) is 0 Å². The van der Waals surface area contributed by atoms with Crippen molar-refractivity contribution in [1.29, 1.82) is 0 Å². The van der Waals surface area contributed by atoms with E-state index < -0.39 is 5.92 Å². The molecule has 2 aromatic heterocycles. The van der Waals surface area contributed by atoms with E-state index in [4.69, 9.17) is 45.3 Å². The quantitative estimate of drug-likeness (QED) is 0.374. The summed E-state index contributed by atoms with van der Waals surface area (Å²) < 4.78 is 7.30. The molecule has 1 unspecified atom stereocenters. The van der Waals surface area contributed by atoms with Gasteiger partial charge in [0.15, 0.2) is 0 Å². The summed E-state index contributed by atoms with van der Waals surface area (Å²) in [5.41, 5.74) is 9.88. The second kappa shape index (κ2) is 6.90. The Morgan fingerprint density at radius 3 is 2.47 bits per heavy atom. The van der Waals surface area contributed by atoms with Crippen LogP contribution in [0.15, 0.2) is 66.1 Å². The number of nitrogens with zero attached hydrogens (tertiary/aromatic N) is 2. The van der Waals surface area contributed by atoms with Crippen LogP contribution in [-0.2, 0) is 0 Å². The zero-order valence-electron chi connectivity index (χ0n) is 16.2. The van der Waals surface area contributed by atoms with Gasteiger partial charge >= 0.3 is 0 Å². The van der Waals surface area contributed by atoms with Crippen LogP contribution in [0.4, 0.5) is 0 Å². The Morgan fingerprint density at radius 2 is 1.75 bits per heavy atom. The van der Waals surface area contributed by atoms with Crippen molar-refractivity contribution in [1.82, 2.24) is 14.5 Å². The van der Waals surface area contributed by atoms with Crippen LogP contribution in [0.5, 0.6) is 5.88 Å². The van der Waals surface area contributed by atoms with Gasteiger partial charge in [-0.1, -0.05) is 65.1 Å². The van der Waals surface area contributed by atoms with Crippen LogP contribution < -0.4 is 10.5 Å². The van der Waals surface area contributed by atoms with Gasteiger partial charge in [-0.3, -0.25) is 9.36 Å². The molecular weight excluding hydrogens is 471 g/mol. The first-order chi connectivity index (χ1) is 15.4. The molecule has 0 amide bonds. The number of halogens is 3. The van der Waals surface area contributed by atoms with Gasteiger partial charge in [0, 0.05) is 21.8 Å². The number of aromatic nitrogens is 3. The van der Waals surface area contributed by atoms with Crippen LogP contribution in [-0.4, -0.2) is 20.4 Å². The number of hydrogen-bond acceptors (Lipinski definition) is 4. The van der Waals surface area contributed by atoms with E-state index in [0.717, 1.165) is 11.3 Å². The van der Waals surface area contributed by atoms with Gasteiger partial charge in [-0.25, -0.2) is 0 Å². The van der Waals surface area contributed by atoms with E-state index in [2.05, 4.69) is 9.97 Å². The third kappa shape index (κ3) is 2.67. The van der Waals surface area contributed by atoms with Crippen molar-refractivity contribution in [2.45, 2.75) is 5.92 Å². The molecule has 158 valence electrons. The van der Waals surface area contributed by atoms with Gasteiger partial charge < -0.3 is 15.5 Å². The predicted octanol–water partition coefficient (Wildman–Crippen LogP) is 5.85. The van der Waals surface area contributed by atoms with Crippen LogP contribution >= 0.6 is 34.8 Å². The lowest BCUT2D eigenvalue weighted by atomic mass is 9.94. The second-order valence-corrected chi connectivity index (χ2v) is 8.76. The molecule has 0 saturated heterocycles. The number of hydrogen-bond donors (Lipinski definition) is 2. The van der Waals surface area contributed by atoms with Crippen LogP contribution in [0, 0.1) is 0 Å². The number of carbonyl (C=O) groups is 1. The topological polar surface area (TPSA) is 85.9 Å². The molecule has 0 bridgehead atoms. The maximum atomic E-state index is 13.5. The normalized spacial score (nSPS) is 16.6. The first kappa shape index (κ1) is 19.5. The van der Waals surface area contributed by atoms with E-state index in [1.165, 1.54) is 0 Å². The molecule has 6 rings (SSSR count). The maximum Gasteiger partial charge on any atom is 0.265 e. The van der Waals surface area contributed by atoms with E-state index in [1.54, 1.807) is 16.7 Å². The second-order valence-electron chi connectivity index (χ2n) is 7.51. The SMILES string of the molecule is NC1=C2C(=O)n3c(-c4c(Cl)cc(Cl)cc4Cl)ccc3C2c2[nH]c(-c3ccccc3)nc2O1. The number of carbonyl (C=O) groups excluding carboxylic acids is 1. The van der Waals surface area contributed by atoms with Crippen molar-refractivity contribution < 1.29 is 9.53 Å². The average molecular weight is 484 g/mol. The van der Waals surface area contributed by atoms with Crippen molar-refractivity contribution in [3.63, 3.8) is 0 Å². The molecule has 0 spiro atoms. The van der Waals surface area contributed by atoms with Crippen LogP contribution in [0.3, 0.4) is 0 Å². The number of fused-ring (bicyclic) bond motifs is 5. The molecule has 1 atom stereocenters. The lowest BCUT2D eigenvalue weighted by molar-refractivity contribution is 0.0961. The maximum absolute atomic E-state index is 13.5. The standard InChI is InChI=1S/C23H13Cl3N4O2/c24-11-8-12(25)16(13(26)9-11)14-6-7-15-17-18(23(31)30(14)15)20(27)32-22-19(17)28-21(29-22)10-4-2-1-3-5-10/h1-9,17H,27H2,(H,28,29). The number of H-pyrrole nitrogens is 1. The van der Waals surface area contributed by atoms with E-state index in [0.29, 0.717) is 49.3 Å². The van der Waals surface area contributed by atoms with Gasteiger partial charge in [0.1, 0.15) is 5.82 Å². The Hall–Kier alpha value is -3.19. The number of aromatic amines is 1. The highest BCUT2D eigenvalue weighted by atomic mass is 35.5. The van der Waals surface area contributed by atoms with Crippen LogP contribution in [0.2, 0.25) is 15.1 Å². The highest BCUT2D eigenvalue weighted by molar-refractivity contribution is 6.41. The zero-order valence-corrected chi connectivity index (χ0v) is 18.5. The Balaban J connectivity index is 1.54. The van der Waals surface area contributed by atoms with Crippen molar-refractivity contribution in [3.8, 4) is 28.5 Å². The molecular formula is C23H13Cl3N4O2. The Labute approximate surface area is 197 Å². The summed E-state index contributed by atoms with van der Waals surface area (Å²) in [4.78, 5) is 21.4. The lowest BCUT2D eigenvalue weighted by Crippen LogP contribution is -2.22. The largest absolute Gasteiger partial charge is 0.421 e. The van der Waals surface area contributed by atoms with Crippen molar-refractivity contribution >= 4 is 40.7 Å². The molecule has 0 aliphatic carbocycles. The molecule has 0 saturated carbocycles. The first-order valence-corrected chi connectivity index (χ1v) is 10.8. The van der Waals surface area contributed by atoms with Gasteiger partial charge in [0.25, 0.3) is 5.91 Å². The molecule has 9 heteroatoms. The summed E-state index contributed by atoms with van der Waals surface area (Å²) in [6.07, 6.45) is 0. The monoisotopic (exact) mass is 482 g/mol. The predicted molar refractivity (Wildman–Crippen MR) is 123 cm³/mol. The molecule has 32 heavy (non-hydrogen) atoms. The smallest absolute Gasteiger partial charge is 0.265 e. The Bertz CT molecular complexity index is 1450. The minimum Gasteiger partial charge on any atom is -0.421 e. The summed E-state index contributed by atoms with van der Waals surface area (Å²) in [6, 6.07) is 16.5. The Kier molecular flexibility index (Phi) is 4.21. The average Bonchev–Trinajstić information content (AvgIpc) is 3.43. The number of nitrogens with two attached hydrogens (primary N) is 1. The van der Waals surface area contributed by atoms with E-state index in [-0.39, 0.29) is 11.8 Å². The fraction of sp³-hybridized carbons (Fsp3) is 0.0435. The highest BCUT2D eigenvalue weighted by Gasteiger charge is 2.46. The third-order valence-electron chi connectivity index (χ3n) is 5.70. The summed E-state index contributed by atoms with van der Waals surface area (Å²) in [6.45, 7) is 0. The number of ether oxygens (including phenoxy) is 1. The minimum absolute atomic E-state index is 0.0292. The molecule has 3 N–H and O–H groups in total. The minimum atomic E-state index is -0.449. The van der Waals surface area contributed by atoms with Crippen LogP contribution in [0.1, 0.15) is 22.1 Å². The number of imidazole rings is 1. The van der Waals surface area contributed by atoms with E-state index >= 15 is 0 Å². The fourth-order valence-corrected chi connectivity index (χ4v) is 5.36. The number of rotatable bonds is 2. The third-order valence-corrected chi connectivity index (χ3v) is 6.51. The molecule has 0 fully saturated rings. The van der Waals surface area contributed by atoms with Crippen molar-refractivity contribution in [2.24, 2.45) is 5.73 Å². The van der Waals surface area contributed by atoms with Gasteiger partial charge in [-0.05, 0) is 24.3 Å². The number of benzene rings is 2. The zero-order chi connectivity index (χ0) is 22.1. The van der Waals surface area contributed by atoms with Crippen molar-refractivity contribution in [3.05, 3.63) is 92.5 Å². The molecule has 2 aliphatic rings. The summed E-state index contributed by atoms with van der Waals surface area (Å²) in [5, 5.41) is 1.10. The van der Waals surface area contributed by atoms with Crippen molar-refractivity contribution in [2.75, 3.05) is 0 Å². The fourth-order valence-electron chi connectivity index (χ4n) is 4.35. The molecule has 4 aromatic rings. The summed E-state index contributed by atoms with van der Waals surface area (Å²) in [5.74, 6) is 0.259. The number of nitrogens with one attached hydrogen (secondary N) is 1. The van der Waals surface area contributed by atoms with Gasteiger partial charge in [0.2, 0.25) is 11.8 Å². The highest BCUT2D eigenvalue weighted by Crippen LogP contribution is 2.49. The summed E-state index contributed by atoms with van der Waals surface area (Å²) >= 11 is 18.9.